The molecule has 0 bridgehead atoms. The van der Waals surface area contributed by atoms with Gasteiger partial charge in [0.1, 0.15) is 0 Å². The average molecular weight is 342 g/mol. The van der Waals surface area contributed by atoms with E-state index in [1.165, 1.54) is 4.68 Å². The van der Waals surface area contributed by atoms with Gasteiger partial charge in [-0.3, -0.25) is 0 Å². The Morgan fingerprint density at radius 3 is 2.82 bits per heavy atom. The van der Waals surface area contributed by atoms with Gasteiger partial charge in [-0.25, -0.2) is 10.1 Å². The van der Waals surface area contributed by atoms with Gasteiger partial charge in [0, 0.05) is 9.13 Å². The predicted octanol–water partition coefficient (Wildman–Crippen LogP) is 1.35. The monoisotopic (exact) mass is 342 g/mol. The molecular weight excluding hydrogens is 331 g/mol. The zero-order valence-electron chi connectivity index (χ0n) is 9.13. The highest BCUT2D eigenvalue weighted by atomic mass is 127. The summed E-state index contributed by atoms with van der Waals surface area (Å²) in [6, 6.07) is 7.92. The van der Waals surface area contributed by atoms with Gasteiger partial charge in [0.25, 0.3) is 5.95 Å². The Balaban J connectivity index is 2.08. The summed E-state index contributed by atoms with van der Waals surface area (Å²) in [5.41, 5.74) is 3.77. The van der Waals surface area contributed by atoms with Crippen LogP contribution < -0.4 is 11.3 Å². The Hall–Kier alpha value is -1.64. The Kier molecular flexibility index (Phi) is 3.57. The molecule has 1 heterocycles. The summed E-state index contributed by atoms with van der Waals surface area (Å²) in [6.07, 6.45) is 1.71. The van der Waals surface area contributed by atoms with Crippen LogP contribution in [0.5, 0.6) is 0 Å². The number of hydrogen-bond donors (Lipinski definition) is 2. The molecule has 0 aliphatic carbocycles. The second-order valence-electron chi connectivity index (χ2n) is 3.33. The predicted molar refractivity (Wildman–Crippen MR) is 75.3 cm³/mol. The molecule has 0 amide bonds. The van der Waals surface area contributed by atoms with Crippen molar-refractivity contribution < 1.29 is 0 Å². The Labute approximate surface area is 112 Å². The van der Waals surface area contributed by atoms with E-state index in [9.17, 15) is 0 Å². The summed E-state index contributed by atoms with van der Waals surface area (Å²) in [5, 5.41) is 11.7. The van der Waals surface area contributed by atoms with E-state index in [1.54, 1.807) is 13.1 Å². The average Bonchev–Trinajstić information content (AvgIpc) is 2.63. The van der Waals surface area contributed by atoms with Crippen molar-refractivity contribution >= 4 is 34.8 Å². The number of aryl methyl sites for hydroxylation is 1. The SMILES string of the molecule is Cc1nnc(N/N=C/c2ccccc2I)n1N. The normalized spacial score (nSPS) is 10.9. The van der Waals surface area contributed by atoms with Crippen molar-refractivity contribution in [3.05, 3.63) is 39.2 Å². The number of benzene rings is 1. The minimum Gasteiger partial charge on any atom is -0.335 e. The molecule has 0 fully saturated rings. The number of hydrazone groups is 1. The molecule has 0 radical (unpaired) electrons. The molecule has 88 valence electrons. The molecule has 0 aliphatic heterocycles. The van der Waals surface area contributed by atoms with Gasteiger partial charge in [0.2, 0.25) is 0 Å². The Morgan fingerprint density at radius 2 is 2.18 bits per heavy atom. The highest BCUT2D eigenvalue weighted by molar-refractivity contribution is 14.1. The highest BCUT2D eigenvalue weighted by Crippen LogP contribution is 2.09. The molecule has 2 rings (SSSR count). The molecule has 0 spiro atoms. The van der Waals surface area contributed by atoms with Crippen molar-refractivity contribution in [2.24, 2.45) is 5.10 Å². The first-order valence-electron chi connectivity index (χ1n) is 4.89. The fourth-order valence-electron chi connectivity index (χ4n) is 1.18. The van der Waals surface area contributed by atoms with Gasteiger partial charge in [-0.2, -0.15) is 5.10 Å². The molecule has 1 aromatic heterocycles. The van der Waals surface area contributed by atoms with Crippen LogP contribution in [0.2, 0.25) is 0 Å². The van der Waals surface area contributed by atoms with Crippen molar-refractivity contribution in [1.29, 1.82) is 0 Å². The zero-order chi connectivity index (χ0) is 12.3. The molecule has 0 unspecified atom stereocenters. The summed E-state index contributed by atoms with van der Waals surface area (Å²) in [6.45, 7) is 1.77. The Morgan fingerprint density at radius 1 is 1.41 bits per heavy atom. The first-order chi connectivity index (χ1) is 8.18. The van der Waals surface area contributed by atoms with Crippen LogP contribution in [0.25, 0.3) is 0 Å². The third-order valence-electron chi connectivity index (χ3n) is 2.14. The minimum absolute atomic E-state index is 0.407. The van der Waals surface area contributed by atoms with Gasteiger partial charge < -0.3 is 5.84 Å². The number of hydrogen-bond acceptors (Lipinski definition) is 5. The lowest BCUT2D eigenvalue weighted by molar-refractivity contribution is 0.926. The number of nitrogen functional groups attached to an aromatic ring is 1. The van der Waals surface area contributed by atoms with Crippen molar-refractivity contribution in [3.63, 3.8) is 0 Å². The van der Waals surface area contributed by atoms with Crippen molar-refractivity contribution in [2.45, 2.75) is 6.92 Å². The molecule has 17 heavy (non-hydrogen) atoms. The van der Waals surface area contributed by atoms with Crippen LogP contribution in [-0.4, -0.2) is 21.1 Å². The largest absolute Gasteiger partial charge is 0.335 e. The molecule has 7 heteroatoms. The number of halogens is 1. The maximum atomic E-state index is 5.67. The van der Waals surface area contributed by atoms with E-state index in [1.807, 2.05) is 24.3 Å². The standard InChI is InChI=1S/C10H11IN6/c1-7-14-16-10(17(7)12)15-13-6-8-4-2-3-5-9(8)11/h2-6H,12H2,1H3,(H,15,16)/b13-6+. The first kappa shape index (κ1) is 11.8. The lowest BCUT2D eigenvalue weighted by Crippen LogP contribution is -2.13. The Bertz CT molecular complexity index is 547. The molecule has 1 aromatic carbocycles. The van der Waals surface area contributed by atoms with Crippen LogP contribution in [0.3, 0.4) is 0 Å². The molecule has 3 N–H and O–H groups in total. The van der Waals surface area contributed by atoms with Crippen LogP contribution in [0.1, 0.15) is 11.4 Å². The maximum Gasteiger partial charge on any atom is 0.263 e. The molecule has 0 atom stereocenters. The van der Waals surface area contributed by atoms with Crippen LogP contribution in [0, 0.1) is 10.5 Å². The summed E-state index contributed by atoms with van der Waals surface area (Å²) >= 11 is 2.25. The molecular formula is C10H11IN6. The van der Waals surface area contributed by atoms with Gasteiger partial charge in [0.05, 0.1) is 6.21 Å². The van der Waals surface area contributed by atoms with E-state index < -0.39 is 0 Å². The van der Waals surface area contributed by atoms with Crippen LogP contribution >= 0.6 is 22.6 Å². The van der Waals surface area contributed by atoms with E-state index >= 15 is 0 Å². The summed E-state index contributed by atoms with van der Waals surface area (Å²) < 4.78 is 2.47. The van der Waals surface area contributed by atoms with E-state index in [0.717, 1.165) is 9.13 Å². The van der Waals surface area contributed by atoms with E-state index in [0.29, 0.717) is 11.8 Å². The van der Waals surface area contributed by atoms with Crippen molar-refractivity contribution in [3.8, 4) is 0 Å². The fraction of sp³-hybridized carbons (Fsp3) is 0.100. The van der Waals surface area contributed by atoms with Crippen LogP contribution in [0.4, 0.5) is 5.95 Å². The van der Waals surface area contributed by atoms with E-state index in [4.69, 9.17) is 5.84 Å². The minimum atomic E-state index is 0.407. The van der Waals surface area contributed by atoms with Gasteiger partial charge in [-0.05, 0) is 35.6 Å². The first-order valence-corrected chi connectivity index (χ1v) is 5.97. The zero-order valence-corrected chi connectivity index (χ0v) is 11.3. The summed E-state index contributed by atoms with van der Waals surface area (Å²) in [7, 11) is 0. The molecule has 6 nitrogen and oxygen atoms in total. The van der Waals surface area contributed by atoms with Gasteiger partial charge in [-0.15, -0.1) is 10.2 Å². The second-order valence-corrected chi connectivity index (χ2v) is 4.49. The summed E-state index contributed by atoms with van der Waals surface area (Å²) in [4.78, 5) is 0. The molecule has 0 saturated heterocycles. The second kappa shape index (κ2) is 5.13. The number of anilines is 1. The lowest BCUT2D eigenvalue weighted by atomic mass is 10.2. The smallest absolute Gasteiger partial charge is 0.263 e. The van der Waals surface area contributed by atoms with Gasteiger partial charge in [0.15, 0.2) is 5.82 Å². The van der Waals surface area contributed by atoms with Crippen LogP contribution in [0.15, 0.2) is 29.4 Å². The maximum absolute atomic E-state index is 5.67. The topological polar surface area (TPSA) is 81.1 Å². The third-order valence-corrected chi connectivity index (χ3v) is 3.12. The number of nitrogens with one attached hydrogen (secondary N) is 1. The number of aromatic nitrogens is 3. The number of nitrogens with zero attached hydrogens (tertiary/aromatic N) is 4. The highest BCUT2D eigenvalue weighted by Gasteiger charge is 2.02. The van der Waals surface area contributed by atoms with Gasteiger partial charge >= 0.3 is 0 Å². The van der Waals surface area contributed by atoms with E-state index in [2.05, 4.69) is 43.3 Å². The van der Waals surface area contributed by atoms with E-state index in [-0.39, 0.29) is 0 Å². The lowest BCUT2D eigenvalue weighted by Gasteiger charge is -2.00. The van der Waals surface area contributed by atoms with Crippen LogP contribution in [-0.2, 0) is 0 Å². The molecule has 0 saturated carbocycles. The summed E-state index contributed by atoms with van der Waals surface area (Å²) in [5.74, 6) is 6.70. The quantitative estimate of drug-likeness (QED) is 0.382. The third kappa shape index (κ3) is 2.73. The van der Waals surface area contributed by atoms with Crippen molar-refractivity contribution in [2.75, 3.05) is 11.3 Å². The fourth-order valence-corrected chi connectivity index (χ4v) is 1.71. The molecule has 2 aromatic rings. The number of rotatable bonds is 3. The number of nitrogens with two attached hydrogens (primary N) is 1. The molecule has 0 aliphatic rings. The van der Waals surface area contributed by atoms with Crippen molar-refractivity contribution in [1.82, 2.24) is 14.9 Å². The van der Waals surface area contributed by atoms with Gasteiger partial charge in [-0.1, -0.05) is 18.2 Å².